The summed E-state index contributed by atoms with van der Waals surface area (Å²) in [5.41, 5.74) is 1.89. The molecule has 1 heterocycles. The van der Waals surface area contributed by atoms with E-state index < -0.39 is 10.0 Å². The molecule has 2 aromatic carbocycles. The number of benzene rings is 2. The molecule has 0 saturated heterocycles. The molecular weight excluding hydrogens is 376 g/mol. The maximum atomic E-state index is 12.9. The third-order valence-electron chi connectivity index (χ3n) is 4.22. The Morgan fingerprint density at radius 3 is 2.62 bits per heavy atom. The lowest BCUT2D eigenvalue weighted by Gasteiger charge is -2.19. The van der Waals surface area contributed by atoms with Crippen molar-refractivity contribution in [3.8, 4) is 0 Å². The average molecular weight is 395 g/mol. The van der Waals surface area contributed by atoms with E-state index in [0.717, 1.165) is 5.56 Å². The SMILES string of the molecule is O=C(NCCCO)c1ccc2c(c1)CCN2S(=O)(=O)c1ccc(Cl)cc1. The Hall–Kier alpha value is -2.09. The summed E-state index contributed by atoms with van der Waals surface area (Å²) < 4.78 is 27.1. The summed E-state index contributed by atoms with van der Waals surface area (Å²) in [6.07, 6.45) is 1.03. The predicted molar refractivity (Wildman–Crippen MR) is 100 cm³/mol. The maximum Gasteiger partial charge on any atom is 0.264 e. The van der Waals surface area contributed by atoms with Gasteiger partial charge in [-0.2, -0.15) is 0 Å². The van der Waals surface area contributed by atoms with E-state index in [1.807, 2.05) is 0 Å². The van der Waals surface area contributed by atoms with Gasteiger partial charge in [0.05, 0.1) is 10.6 Å². The molecule has 3 rings (SSSR count). The normalized spacial score (nSPS) is 13.5. The molecule has 0 saturated carbocycles. The van der Waals surface area contributed by atoms with E-state index in [0.29, 0.717) is 42.2 Å². The standard InChI is InChI=1S/C18H19ClN2O4S/c19-15-3-5-16(6-4-15)26(24,25)21-10-8-13-12-14(2-7-17(13)21)18(23)20-9-1-11-22/h2-7,12,22H,1,8-11H2,(H,20,23). The largest absolute Gasteiger partial charge is 0.396 e. The molecule has 0 unspecified atom stereocenters. The molecular formula is C18H19ClN2O4S. The van der Waals surface area contributed by atoms with Gasteiger partial charge in [-0.1, -0.05) is 11.6 Å². The number of nitrogens with zero attached hydrogens (tertiary/aromatic N) is 1. The highest BCUT2D eigenvalue weighted by Crippen LogP contribution is 2.33. The molecule has 0 radical (unpaired) electrons. The number of halogens is 1. The summed E-state index contributed by atoms with van der Waals surface area (Å²) in [6.45, 7) is 0.737. The molecule has 0 spiro atoms. The molecule has 0 aliphatic carbocycles. The highest BCUT2D eigenvalue weighted by atomic mass is 35.5. The van der Waals surface area contributed by atoms with Gasteiger partial charge in [-0.15, -0.1) is 0 Å². The van der Waals surface area contributed by atoms with Crippen LogP contribution in [0.5, 0.6) is 0 Å². The topological polar surface area (TPSA) is 86.7 Å². The van der Waals surface area contributed by atoms with Crippen molar-refractivity contribution in [1.29, 1.82) is 0 Å². The van der Waals surface area contributed by atoms with Gasteiger partial charge in [0.2, 0.25) is 0 Å². The molecule has 138 valence electrons. The summed E-state index contributed by atoms with van der Waals surface area (Å²) in [7, 11) is -3.67. The molecule has 1 aliphatic heterocycles. The second-order valence-electron chi connectivity index (χ2n) is 5.96. The zero-order valence-electron chi connectivity index (χ0n) is 14.0. The lowest BCUT2D eigenvalue weighted by atomic mass is 10.1. The average Bonchev–Trinajstić information content (AvgIpc) is 3.06. The Morgan fingerprint density at radius 2 is 1.92 bits per heavy atom. The minimum Gasteiger partial charge on any atom is -0.396 e. The van der Waals surface area contributed by atoms with E-state index in [4.69, 9.17) is 16.7 Å². The highest BCUT2D eigenvalue weighted by Gasteiger charge is 2.31. The van der Waals surface area contributed by atoms with Gasteiger partial charge in [-0.25, -0.2) is 8.42 Å². The second kappa shape index (κ2) is 7.65. The number of fused-ring (bicyclic) bond motifs is 1. The first-order valence-corrected chi connectivity index (χ1v) is 10.1. The van der Waals surface area contributed by atoms with Crippen LogP contribution in [0.2, 0.25) is 5.02 Å². The van der Waals surface area contributed by atoms with Crippen LogP contribution in [-0.4, -0.2) is 39.1 Å². The third-order valence-corrected chi connectivity index (χ3v) is 6.30. The predicted octanol–water partition coefficient (Wildman–Crippen LogP) is 2.20. The number of amides is 1. The number of rotatable bonds is 6. The fraction of sp³-hybridized carbons (Fsp3) is 0.278. The van der Waals surface area contributed by atoms with Crippen molar-refractivity contribution >= 4 is 33.2 Å². The number of carbonyl (C=O) groups is 1. The Kier molecular flexibility index (Phi) is 5.50. The second-order valence-corrected chi connectivity index (χ2v) is 8.26. The third kappa shape index (κ3) is 3.70. The van der Waals surface area contributed by atoms with Gasteiger partial charge >= 0.3 is 0 Å². The van der Waals surface area contributed by atoms with E-state index in [9.17, 15) is 13.2 Å². The minimum absolute atomic E-state index is 0.0159. The molecule has 2 aromatic rings. The molecule has 0 fully saturated rings. The maximum absolute atomic E-state index is 12.9. The number of anilines is 1. The molecule has 2 N–H and O–H groups in total. The van der Waals surface area contributed by atoms with Crippen molar-refractivity contribution < 1.29 is 18.3 Å². The Bertz CT molecular complexity index is 913. The van der Waals surface area contributed by atoms with Gasteiger partial charge < -0.3 is 10.4 Å². The van der Waals surface area contributed by atoms with Crippen LogP contribution in [0, 0.1) is 0 Å². The van der Waals surface area contributed by atoms with E-state index in [1.165, 1.54) is 16.4 Å². The fourth-order valence-electron chi connectivity index (χ4n) is 2.88. The van der Waals surface area contributed by atoms with E-state index in [2.05, 4.69) is 5.32 Å². The number of sulfonamides is 1. The smallest absolute Gasteiger partial charge is 0.264 e. The number of hydrogen-bond donors (Lipinski definition) is 2. The molecule has 6 nitrogen and oxygen atoms in total. The first-order chi connectivity index (χ1) is 12.4. The van der Waals surface area contributed by atoms with Crippen molar-refractivity contribution in [2.24, 2.45) is 0 Å². The molecule has 26 heavy (non-hydrogen) atoms. The van der Waals surface area contributed by atoms with Crippen LogP contribution in [0.3, 0.4) is 0 Å². The van der Waals surface area contributed by atoms with Gasteiger partial charge in [0.25, 0.3) is 15.9 Å². The number of nitrogens with one attached hydrogen (secondary N) is 1. The van der Waals surface area contributed by atoms with Gasteiger partial charge in [-0.3, -0.25) is 9.10 Å². The highest BCUT2D eigenvalue weighted by molar-refractivity contribution is 7.92. The lowest BCUT2D eigenvalue weighted by molar-refractivity contribution is 0.0951. The summed E-state index contributed by atoms with van der Waals surface area (Å²) in [5, 5.41) is 12.0. The molecule has 1 amide bonds. The van der Waals surface area contributed by atoms with E-state index >= 15 is 0 Å². The van der Waals surface area contributed by atoms with E-state index in [-0.39, 0.29) is 17.4 Å². The van der Waals surface area contributed by atoms with Crippen molar-refractivity contribution in [2.45, 2.75) is 17.7 Å². The summed E-state index contributed by atoms with van der Waals surface area (Å²) >= 11 is 5.83. The monoisotopic (exact) mass is 394 g/mol. The molecule has 0 bridgehead atoms. The van der Waals surface area contributed by atoms with Crippen LogP contribution < -0.4 is 9.62 Å². The first kappa shape index (κ1) is 18.7. The first-order valence-electron chi connectivity index (χ1n) is 8.24. The number of aliphatic hydroxyl groups is 1. The molecule has 0 aromatic heterocycles. The van der Waals surface area contributed by atoms with Crippen LogP contribution in [-0.2, 0) is 16.4 Å². The minimum atomic E-state index is -3.67. The Balaban J connectivity index is 1.84. The van der Waals surface area contributed by atoms with Gasteiger partial charge in [-0.05, 0) is 60.9 Å². The Morgan fingerprint density at radius 1 is 1.19 bits per heavy atom. The number of hydrogen-bond acceptors (Lipinski definition) is 4. The van der Waals surface area contributed by atoms with Crippen LogP contribution in [0.1, 0.15) is 22.3 Å². The molecule has 1 aliphatic rings. The molecule has 8 heteroatoms. The summed E-state index contributed by atoms with van der Waals surface area (Å²) in [5.74, 6) is -0.236. The molecule has 0 atom stereocenters. The van der Waals surface area contributed by atoms with Crippen LogP contribution in [0.4, 0.5) is 5.69 Å². The van der Waals surface area contributed by atoms with Gasteiger partial charge in [0, 0.05) is 30.3 Å². The quantitative estimate of drug-likeness (QED) is 0.735. The zero-order chi connectivity index (χ0) is 18.7. The van der Waals surface area contributed by atoms with Crippen LogP contribution in [0.15, 0.2) is 47.4 Å². The van der Waals surface area contributed by atoms with Crippen molar-refractivity contribution in [2.75, 3.05) is 24.0 Å². The van der Waals surface area contributed by atoms with Crippen molar-refractivity contribution in [3.05, 3.63) is 58.6 Å². The van der Waals surface area contributed by atoms with Crippen LogP contribution in [0.25, 0.3) is 0 Å². The van der Waals surface area contributed by atoms with Gasteiger partial charge in [0.15, 0.2) is 0 Å². The summed E-state index contributed by atoms with van der Waals surface area (Å²) in [6, 6.07) is 11.1. The van der Waals surface area contributed by atoms with Crippen molar-refractivity contribution in [1.82, 2.24) is 5.32 Å². The number of carbonyl (C=O) groups excluding carboxylic acids is 1. The van der Waals surface area contributed by atoms with Crippen molar-refractivity contribution in [3.63, 3.8) is 0 Å². The summed E-state index contributed by atoms with van der Waals surface area (Å²) in [4.78, 5) is 12.3. The van der Waals surface area contributed by atoms with Crippen LogP contribution >= 0.6 is 11.6 Å². The zero-order valence-corrected chi connectivity index (χ0v) is 15.6. The lowest BCUT2D eigenvalue weighted by Crippen LogP contribution is -2.29. The van der Waals surface area contributed by atoms with Gasteiger partial charge in [0.1, 0.15) is 0 Å². The van der Waals surface area contributed by atoms with E-state index in [1.54, 1.807) is 30.3 Å². The Labute approximate surface area is 157 Å². The number of aliphatic hydroxyl groups excluding tert-OH is 1. The fourth-order valence-corrected chi connectivity index (χ4v) is 4.51.